The summed E-state index contributed by atoms with van der Waals surface area (Å²) in [4.78, 5) is 15.1. The summed E-state index contributed by atoms with van der Waals surface area (Å²) in [6.45, 7) is 2.05. The van der Waals surface area contributed by atoms with E-state index in [4.69, 9.17) is 26.5 Å². The minimum atomic E-state index is -1.40. The number of para-hydroxylation sites is 2. The van der Waals surface area contributed by atoms with Crippen LogP contribution in [-0.4, -0.2) is 35.1 Å². The van der Waals surface area contributed by atoms with Crippen molar-refractivity contribution < 1.29 is 9.53 Å². The molecule has 2 aliphatic rings. The Kier molecular flexibility index (Phi) is 7.89. The summed E-state index contributed by atoms with van der Waals surface area (Å²) in [6, 6.07) is 47.8. The lowest BCUT2D eigenvalue weighted by atomic mass is 9.66. The number of benzene rings is 5. The van der Waals surface area contributed by atoms with Gasteiger partial charge in [-0.05, 0) is 54.4 Å². The number of hydrogen-bond donors (Lipinski definition) is 0. The van der Waals surface area contributed by atoms with E-state index in [1.54, 1.807) is 0 Å². The Hall–Kier alpha value is -5.20. The van der Waals surface area contributed by atoms with Gasteiger partial charge in [0, 0.05) is 23.4 Å². The molecule has 2 aliphatic heterocycles. The fourth-order valence-electron chi connectivity index (χ4n) is 6.78. The quantitative estimate of drug-likeness (QED) is 0.163. The van der Waals surface area contributed by atoms with Crippen LogP contribution < -0.4 is 10.0 Å². The molecular formula is C39H33ClN4O2. The van der Waals surface area contributed by atoms with Crippen molar-refractivity contribution >= 4 is 40.4 Å². The largest absolute Gasteiger partial charge is 0.464 e. The number of carbonyl (C=O) groups excluding carboxylic acids is 1. The highest BCUT2D eigenvalue weighted by molar-refractivity contribution is 6.30. The van der Waals surface area contributed by atoms with Gasteiger partial charge in [0.2, 0.25) is 0 Å². The zero-order valence-corrected chi connectivity index (χ0v) is 26.2. The normalized spacial score (nSPS) is 20.5. The minimum Gasteiger partial charge on any atom is -0.464 e. The molecule has 0 aromatic heterocycles. The van der Waals surface area contributed by atoms with Crippen LogP contribution >= 0.6 is 11.6 Å². The first kappa shape index (κ1) is 29.5. The number of hydrazone groups is 2. The lowest BCUT2D eigenvalue weighted by Gasteiger charge is -2.49. The highest BCUT2D eigenvalue weighted by atomic mass is 35.5. The third-order valence-electron chi connectivity index (χ3n) is 8.79. The van der Waals surface area contributed by atoms with Crippen molar-refractivity contribution in [2.75, 3.05) is 16.6 Å². The maximum absolute atomic E-state index is 15.1. The highest BCUT2D eigenvalue weighted by Gasteiger charge is 2.73. The van der Waals surface area contributed by atoms with E-state index >= 15 is 4.79 Å². The molecule has 5 aromatic rings. The molecule has 0 saturated carbocycles. The fourth-order valence-corrected chi connectivity index (χ4v) is 6.90. The number of hydrogen-bond acceptors (Lipinski definition) is 6. The zero-order valence-electron chi connectivity index (χ0n) is 25.5. The van der Waals surface area contributed by atoms with Gasteiger partial charge >= 0.3 is 5.97 Å². The average Bonchev–Trinajstić information content (AvgIpc) is 3.65. The topological polar surface area (TPSA) is 57.5 Å². The number of esters is 1. The summed E-state index contributed by atoms with van der Waals surface area (Å²) >= 11 is 6.36. The molecule has 0 saturated heterocycles. The molecule has 5 aromatic carbocycles. The van der Waals surface area contributed by atoms with Crippen molar-refractivity contribution in [3.8, 4) is 0 Å². The Balaban J connectivity index is 1.59. The zero-order chi connectivity index (χ0) is 31.6. The standard InChI is InChI=1S/C39H33ClN4O2/c1-2-46-37(45)39(27-29-23-25-32(40)26-24-29)38(36(31-17-9-4-10-18-31)42-44(39)34-21-13-6-14-22-34)28-35(30-15-7-3-8-16-30)41-43(38)33-19-11-5-12-20-33/h3-26H,2,27-28H2,1H3/t38-,39-/m1/s1. The van der Waals surface area contributed by atoms with E-state index in [9.17, 15) is 0 Å². The van der Waals surface area contributed by atoms with Crippen LogP contribution in [0, 0.1) is 0 Å². The number of anilines is 2. The minimum absolute atomic E-state index is 0.207. The van der Waals surface area contributed by atoms with Crippen LogP contribution in [0.5, 0.6) is 0 Å². The van der Waals surface area contributed by atoms with Gasteiger partial charge in [-0.15, -0.1) is 0 Å². The van der Waals surface area contributed by atoms with Crippen LogP contribution in [-0.2, 0) is 16.0 Å². The Morgan fingerprint density at radius 2 is 1.22 bits per heavy atom. The molecular weight excluding hydrogens is 592 g/mol. The van der Waals surface area contributed by atoms with Crippen molar-refractivity contribution in [3.05, 3.63) is 167 Å². The predicted molar refractivity (Wildman–Crippen MR) is 186 cm³/mol. The third kappa shape index (κ3) is 4.86. The predicted octanol–water partition coefficient (Wildman–Crippen LogP) is 8.16. The maximum Gasteiger partial charge on any atom is 0.337 e. The number of halogens is 1. The summed E-state index contributed by atoms with van der Waals surface area (Å²) in [5, 5.41) is 15.4. The molecule has 0 radical (unpaired) electrons. The highest BCUT2D eigenvalue weighted by Crippen LogP contribution is 2.54. The fraction of sp³-hybridized carbons (Fsp3) is 0.154. The molecule has 7 heteroatoms. The van der Waals surface area contributed by atoms with E-state index in [0.29, 0.717) is 11.4 Å². The Labute approximate surface area is 274 Å². The van der Waals surface area contributed by atoms with E-state index in [0.717, 1.165) is 39.5 Å². The molecule has 1 spiro atoms. The monoisotopic (exact) mass is 624 g/mol. The molecule has 46 heavy (non-hydrogen) atoms. The lowest BCUT2D eigenvalue weighted by Crippen LogP contribution is -2.73. The second-order valence-electron chi connectivity index (χ2n) is 11.4. The average molecular weight is 625 g/mol. The summed E-state index contributed by atoms with van der Waals surface area (Å²) in [7, 11) is 0. The molecule has 0 amide bonds. The van der Waals surface area contributed by atoms with Crippen LogP contribution in [0.3, 0.4) is 0 Å². The van der Waals surface area contributed by atoms with Crippen LogP contribution in [0.1, 0.15) is 30.0 Å². The third-order valence-corrected chi connectivity index (χ3v) is 9.04. The Morgan fingerprint density at radius 3 is 1.78 bits per heavy atom. The molecule has 0 aliphatic carbocycles. The SMILES string of the molecule is CCOC(=O)[C@@]1(Cc2ccc(Cl)cc2)N(c2ccccc2)N=C(c2ccccc2)[C@]12CC(c1ccccc1)=NN2c1ccccc1. The van der Waals surface area contributed by atoms with Gasteiger partial charge in [-0.25, -0.2) is 14.8 Å². The van der Waals surface area contributed by atoms with Crippen molar-refractivity contribution in [2.45, 2.75) is 30.8 Å². The van der Waals surface area contributed by atoms with Gasteiger partial charge in [0.1, 0.15) is 5.54 Å². The molecule has 0 fully saturated rings. The molecule has 2 atom stereocenters. The second-order valence-corrected chi connectivity index (χ2v) is 11.9. The van der Waals surface area contributed by atoms with Gasteiger partial charge < -0.3 is 4.74 Å². The van der Waals surface area contributed by atoms with E-state index < -0.39 is 11.1 Å². The number of carbonyl (C=O) groups is 1. The van der Waals surface area contributed by atoms with E-state index in [1.807, 2.05) is 138 Å². The molecule has 228 valence electrons. The van der Waals surface area contributed by atoms with Crippen molar-refractivity contribution in [3.63, 3.8) is 0 Å². The Bertz CT molecular complexity index is 1880. The van der Waals surface area contributed by atoms with Crippen LogP contribution in [0.4, 0.5) is 11.4 Å². The molecule has 0 unspecified atom stereocenters. The first-order valence-corrected chi connectivity index (χ1v) is 15.8. The van der Waals surface area contributed by atoms with Gasteiger partial charge in [-0.1, -0.05) is 121 Å². The van der Waals surface area contributed by atoms with Crippen LogP contribution in [0.25, 0.3) is 0 Å². The maximum atomic E-state index is 15.1. The molecule has 0 bridgehead atoms. The summed E-state index contributed by atoms with van der Waals surface area (Å²) in [6.07, 6.45) is 0.675. The van der Waals surface area contributed by atoms with Crippen LogP contribution in [0.2, 0.25) is 5.02 Å². The number of nitrogens with zero attached hydrogens (tertiary/aromatic N) is 4. The summed E-state index contributed by atoms with van der Waals surface area (Å²) in [5.41, 5.74) is 3.47. The first-order chi connectivity index (χ1) is 22.6. The van der Waals surface area contributed by atoms with Gasteiger partial charge in [0.25, 0.3) is 0 Å². The summed E-state index contributed by atoms with van der Waals surface area (Å²) in [5.74, 6) is -0.381. The molecule has 6 nitrogen and oxygen atoms in total. The molecule has 2 heterocycles. The first-order valence-electron chi connectivity index (χ1n) is 15.5. The van der Waals surface area contributed by atoms with Crippen molar-refractivity contribution in [1.82, 2.24) is 0 Å². The van der Waals surface area contributed by atoms with Crippen molar-refractivity contribution in [1.29, 1.82) is 0 Å². The van der Waals surface area contributed by atoms with E-state index in [-0.39, 0.29) is 19.0 Å². The smallest absolute Gasteiger partial charge is 0.337 e. The number of rotatable bonds is 8. The lowest BCUT2D eigenvalue weighted by molar-refractivity contribution is -0.151. The van der Waals surface area contributed by atoms with E-state index in [2.05, 4.69) is 24.3 Å². The second kappa shape index (κ2) is 12.3. The van der Waals surface area contributed by atoms with E-state index in [1.165, 1.54) is 0 Å². The van der Waals surface area contributed by atoms with Crippen molar-refractivity contribution in [2.24, 2.45) is 10.2 Å². The Morgan fingerprint density at radius 1 is 0.696 bits per heavy atom. The van der Waals surface area contributed by atoms with Gasteiger partial charge in [0.15, 0.2) is 5.54 Å². The number of ether oxygens (including phenoxy) is 1. The van der Waals surface area contributed by atoms with Gasteiger partial charge in [-0.2, -0.15) is 10.2 Å². The van der Waals surface area contributed by atoms with Crippen LogP contribution in [0.15, 0.2) is 156 Å². The van der Waals surface area contributed by atoms with Gasteiger partial charge in [0.05, 0.1) is 29.4 Å². The molecule has 0 N–H and O–H groups in total. The van der Waals surface area contributed by atoms with Gasteiger partial charge in [-0.3, -0.25) is 0 Å². The summed E-state index contributed by atoms with van der Waals surface area (Å²) < 4.78 is 6.12. The molecule has 7 rings (SSSR count).